The second-order valence-electron chi connectivity index (χ2n) is 9.77. The van der Waals surface area contributed by atoms with Crippen molar-refractivity contribution in [3.05, 3.63) is 95.4 Å². The number of nitrogens with one attached hydrogen (secondary N) is 2. The van der Waals surface area contributed by atoms with Gasteiger partial charge in [0.2, 0.25) is 5.91 Å². The van der Waals surface area contributed by atoms with E-state index < -0.39 is 17.9 Å². The SMILES string of the molecule is C/C(=C\c1ccc(-c2ncn(-c3ccc(OC(F)(F)F)cc3)n2)cc1)NC(=O)NC1SCC(=O)N1c1c(C)cccc1C. The van der Waals surface area contributed by atoms with E-state index in [1.54, 1.807) is 17.9 Å². The number of carbonyl (C=O) groups excluding carboxylic acids is 2. The number of alkyl halides is 3. The Labute approximate surface area is 249 Å². The summed E-state index contributed by atoms with van der Waals surface area (Å²) in [5.74, 6) is 0.315. The number of anilines is 1. The number of aryl methyl sites for hydroxylation is 2. The Morgan fingerprint density at radius 2 is 1.72 bits per heavy atom. The molecule has 1 aliphatic heterocycles. The molecule has 0 aliphatic carbocycles. The van der Waals surface area contributed by atoms with Gasteiger partial charge in [0.15, 0.2) is 11.3 Å². The summed E-state index contributed by atoms with van der Waals surface area (Å²) in [7, 11) is 0. The third-order valence-corrected chi connectivity index (χ3v) is 7.55. The number of thioether (sulfide) groups is 1. The van der Waals surface area contributed by atoms with Gasteiger partial charge in [-0.15, -0.1) is 30.0 Å². The number of hydrogen-bond donors (Lipinski definition) is 2. The summed E-state index contributed by atoms with van der Waals surface area (Å²) in [6, 6.07) is 18.0. The molecule has 3 aromatic carbocycles. The van der Waals surface area contributed by atoms with Gasteiger partial charge in [0.05, 0.1) is 17.1 Å². The van der Waals surface area contributed by atoms with Crippen molar-refractivity contribution in [1.82, 2.24) is 25.4 Å². The fraction of sp³-hybridized carbons (Fsp3) is 0.200. The van der Waals surface area contributed by atoms with Gasteiger partial charge in [-0.3, -0.25) is 9.69 Å². The fourth-order valence-electron chi connectivity index (χ4n) is 4.62. The number of ether oxygens (including phenoxy) is 1. The van der Waals surface area contributed by atoms with Crippen LogP contribution in [0.1, 0.15) is 23.6 Å². The van der Waals surface area contributed by atoms with Crippen LogP contribution < -0.4 is 20.3 Å². The molecule has 43 heavy (non-hydrogen) atoms. The van der Waals surface area contributed by atoms with Gasteiger partial charge in [0.1, 0.15) is 12.1 Å². The van der Waals surface area contributed by atoms with Crippen LogP contribution in [-0.4, -0.2) is 44.3 Å². The summed E-state index contributed by atoms with van der Waals surface area (Å²) in [6.07, 6.45) is -1.49. The van der Waals surface area contributed by atoms with Crippen molar-refractivity contribution in [1.29, 1.82) is 0 Å². The van der Waals surface area contributed by atoms with Gasteiger partial charge in [-0.1, -0.05) is 42.5 Å². The lowest BCUT2D eigenvalue weighted by Gasteiger charge is -2.27. The van der Waals surface area contributed by atoms with Crippen molar-refractivity contribution in [2.45, 2.75) is 32.6 Å². The van der Waals surface area contributed by atoms with Crippen molar-refractivity contribution in [3.63, 3.8) is 0 Å². The lowest BCUT2D eigenvalue weighted by atomic mass is 10.1. The molecule has 1 aromatic heterocycles. The zero-order chi connectivity index (χ0) is 30.7. The minimum Gasteiger partial charge on any atom is -0.406 e. The third kappa shape index (κ3) is 7.17. The van der Waals surface area contributed by atoms with Gasteiger partial charge in [0, 0.05) is 11.3 Å². The first kappa shape index (κ1) is 29.7. The minimum absolute atomic E-state index is 0.0622. The molecule has 3 amide bonds. The van der Waals surface area contributed by atoms with E-state index in [1.165, 1.54) is 47.0 Å². The Morgan fingerprint density at radius 1 is 1.05 bits per heavy atom. The largest absolute Gasteiger partial charge is 0.573 e. The number of carbonyl (C=O) groups is 2. The molecule has 0 bridgehead atoms. The van der Waals surface area contributed by atoms with Gasteiger partial charge in [0.25, 0.3) is 0 Å². The second-order valence-corrected chi connectivity index (χ2v) is 10.8. The standard InChI is InChI=1S/C30H27F3N6O3S/c1-18-5-4-6-19(2)26(18)39-25(40)16-43-29(39)36-28(41)35-20(3)15-21-7-9-22(10-8-21)27-34-17-38(37-27)23-11-13-24(14-12-23)42-30(31,32)33/h4-15,17,29H,16H2,1-3H3,(H2,35,36,41)/b20-15+. The summed E-state index contributed by atoms with van der Waals surface area (Å²) < 4.78 is 42.5. The molecular weight excluding hydrogens is 581 g/mol. The number of aromatic nitrogens is 3. The highest BCUT2D eigenvalue weighted by atomic mass is 32.2. The van der Waals surface area contributed by atoms with E-state index in [9.17, 15) is 22.8 Å². The van der Waals surface area contributed by atoms with Crippen molar-refractivity contribution < 1.29 is 27.5 Å². The van der Waals surface area contributed by atoms with Crippen LogP contribution >= 0.6 is 11.8 Å². The van der Waals surface area contributed by atoms with Gasteiger partial charge in [-0.25, -0.2) is 14.5 Å². The lowest BCUT2D eigenvalue weighted by molar-refractivity contribution is -0.274. The Bertz CT molecular complexity index is 1650. The molecule has 222 valence electrons. The van der Waals surface area contributed by atoms with E-state index in [0.29, 0.717) is 17.2 Å². The smallest absolute Gasteiger partial charge is 0.406 e. The fourth-order valence-corrected chi connectivity index (χ4v) is 5.62. The molecule has 1 aliphatic rings. The third-order valence-electron chi connectivity index (χ3n) is 6.49. The number of para-hydroxylation sites is 1. The lowest BCUT2D eigenvalue weighted by Crippen LogP contribution is -2.48. The Kier molecular flexibility index (Phi) is 8.44. The molecular formula is C30H27F3N6O3S. The molecule has 13 heteroatoms. The van der Waals surface area contributed by atoms with Crippen LogP contribution in [0.25, 0.3) is 23.2 Å². The highest BCUT2D eigenvalue weighted by Crippen LogP contribution is 2.34. The summed E-state index contributed by atoms with van der Waals surface area (Å²) in [4.78, 5) is 31.4. The molecule has 4 aromatic rings. The average Bonchev–Trinajstić information content (AvgIpc) is 3.56. The van der Waals surface area contributed by atoms with Crippen molar-refractivity contribution in [2.24, 2.45) is 0 Å². The van der Waals surface area contributed by atoms with Crippen LogP contribution in [-0.2, 0) is 4.79 Å². The Hall–Kier alpha value is -4.78. The van der Waals surface area contributed by atoms with Crippen molar-refractivity contribution in [2.75, 3.05) is 10.7 Å². The summed E-state index contributed by atoms with van der Waals surface area (Å²) in [6.45, 7) is 5.64. The quantitative estimate of drug-likeness (QED) is 0.260. The maximum Gasteiger partial charge on any atom is 0.573 e. The van der Waals surface area contributed by atoms with Crippen LogP contribution in [0.4, 0.5) is 23.7 Å². The molecule has 0 radical (unpaired) electrons. The maximum atomic E-state index is 12.8. The highest BCUT2D eigenvalue weighted by molar-refractivity contribution is 8.01. The summed E-state index contributed by atoms with van der Waals surface area (Å²) in [5.41, 5.74) is 4.86. The summed E-state index contributed by atoms with van der Waals surface area (Å²) in [5, 5.41) is 10.1. The molecule has 0 saturated carbocycles. The predicted octanol–water partition coefficient (Wildman–Crippen LogP) is 6.17. The van der Waals surface area contributed by atoms with E-state index in [2.05, 4.69) is 25.5 Å². The number of urea groups is 1. The van der Waals surface area contributed by atoms with E-state index in [4.69, 9.17) is 0 Å². The first-order chi connectivity index (χ1) is 20.5. The number of allylic oxidation sites excluding steroid dienone is 1. The molecule has 1 saturated heterocycles. The Morgan fingerprint density at radius 3 is 2.37 bits per heavy atom. The Balaban J connectivity index is 1.20. The minimum atomic E-state index is -4.76. The number of amides is 3. The van der Waals surface area contributed by atoms with Crippen LogP contribution in [0.2, 0.25) is 0 Å². The summed E-state index contributed by atoms with van der Waals surface area (Å²) >= 11 is 1.36. The van der Waals surface area contributed by atoms with E-state index in [0.717, 1.165) is 27.9 Å². The molecule has 1 unspecified atom stereocenters. The van der Waals surface area contributed by atoms with Gasteiger partial charge in [-0.2, -0.15) is 0 Å². The predicted molar refractivity (Wildman–Crippen MR) is 158 cm³/mol. The second kappa shape index (κ2) is 12.2. The highest BCUT2D eigenvalue weighted by Gasteiger charge is 2.35. The van der Waals surface area contributed by atoms with Crippen LogP contribution in [0, 0.1) is 13.8 Å². The van der Waals surface area contributed by atoms with Crippen LogP contribution in [0.5, 0.6) is 5.75 Å². The molecule has 2 heterocycles. The van der Waals surface area contributed by atoms with Crippen molar-refractivity contribution in [3.8, 4) is 22.8 Å². The van der Waals surface area contributed by atoms with Gasteiger partial charge < -0.3 is 15.4 Å². The molecule has 2 N–H and O–H groups in total. The zero-order valence-corrected chi connectivity index (χ0v) is 24.2. The number of benzene rings is 3. The molecule has 0 spiro atoms. The normalized spacial score (nSPS) is 15.5. The van der Waals surface area contributed by atoms with Gasteiger partial charge >= 0.3 is 12.4 Å². The van der Waals surface area contributed by atoms with Crippen LogP contribution in [0.15, 0.2) is 78.8 Å². The maximum absolute atomic E-state index is 12.8. The van der Waals surface area contributed by atoms with E-state index in [-0.39, 0.29) is 17.4 Å². The first-order valence-electron chi connectivity index (χ1n) is 13.1. The zero-order valence-electron chi connectivity index (χ0n) is 23.3. The number of rotatable bonds is 7. The number of hydrogen-bond acceptors (Lipinski definition) is 6. The van der Waals surface area contributed by atoms with Crippen LogP contribution in [0.3, 0.4) is 0 Å². The first-order valence-corrected chi connectivity index (χ1v) is 14.2. The van der Waals surface area contributed by atoms with E-state index in [1.807, 2.05) is 56.3 Å². The molecule has 9 nitrogen and oxygen atoms in total. The molecule has 1 atom stereocenters. The average molecular weight is 609 g/mol. The molecule has 5 rings (SSSR count). The number of nitrogens with zero attached hydrogens (tertiary/aromatic N) is 4. The number of halogens is 3. The molecule has 1 fully saturated rings. The topological polar surface area (TPSA) is 101 Å². The monoisotopic (exact) mass is 608 g/mol. The van der Waals surface area contributed by atoms with Crippen molar-refractivity contribution >= 4 is 35.5 Å². The van der Waals surface area contributed by atoms with E-state index >= 15 is 0 Å². The van der Waals surface area contributed by atoms with Gasteiger partial charge in [-0.05, 0) is 67.8 Å².